The van der Waals surface area contributed by atoms with Crippen LogP contribution in [0.5, 0.6) is 5.75 Å². The molecule has 1 aromatic carbocycles. The summed E-state index contributed by atoms with van der Waals surface area (Å²) < 4.78 is 7.02. The molecule has 0 fully saturated rings. The van der Waals surface area contributed by atoms with Gasteiger partial charge in [0.1, 0.15) is 6.61 Å². The molecule has 0 amide bonds. The molecule has 0 radical (unpaired) electrons. The van der Waals surface area contributed by atoms with Crippen LogP contribution >= 0.6 is 0 Å². The van der Waals surface area contributed by atoms with Crippen LogP contribution in [-0.2, 0) is 22.7 Å². The standard InChI is InChI=1S/C20H22N2O4/c1-3-10-21(12-13-22-11-9-18(23)20(25)16(22)2)14-19(24)26-15-17-7-5-4-6-8-17/h1,4-9,11,25H,10,12-15H2,2H3. The summed E-state index contributed by atoms with van der Waals surface area (Å²) in [6, 6.07) is 10.8. The van der Waals surface area contributed by atoms with Gasteiger partial charge in [-0.25, -0.2) is 0 Å². The maximum absolute atomic E-state index is 12.1. The monoisotopic (exact) mass is 354 g/mol. The summed E-state index contributed by atoms with van der Waals surface area (Å²) in [6.45, 7) is 3.21. The summed E-state index contributed by atoms with van der Waals surface area (Å²) in [5.41, 5.74) is 0.984. The van der Waals surface area contributed by atoms with Gasteiger partial charge in [-0.15, -0.1) is 6.42 Å². The predicted octanol–water partition coefficient (Wildman–Crippen LogP) is 1.54. The van der Waals surface area contributed by atoms with Gasteiger partial charge in [0.2, 0.25) is 5.43 Å². The van der Waals surface area contributed by atoms with Gasteiger partial charge in [0.05, 0.1) is 18.8 Å². The van der Waals surface area contributed by atoms with E-state index in [9.17, 15) is 14.7 Å². The van der Waals surface area contributed by atoms with Crippen LogP contribution in [0.1, 0.15) is 11.3 Å². The van der Waals surface area contributed by atoms with Gasteiger partial charge in [0.25, 0.3) is 0 Å². The number of nitrogens with zero attached hydrogens (tertiary/aromatic N) is 2. The average Bonchev–Trinajstić information content (AvgIpc) is 2.65. The first-order valence-electron chi connectivity index (χ1n) is 8.25. The Morgan fingerprint density at radius 1 is 1.31 bits per heavy atom. The van der Waals surface area contributed by atoms with Crippen molar-refractivity contribution in [3.05, 3.63) is 64.1 Å². The summed E-state index contributed by atoms with van der Waals surface area (Å²) in [6.07, 6.45) is 6.99. The van der Waals surface area contributed by atoms with Crippen molar-refractivity contribution in [3.8, 4) is 18.1 Å². The van der Waals surface area contributed by atoms with Crippen LogP contribution in [0.3, 0.4) is 0 Å². The number of aromatic nitrogens is 1. The van der Waals surface area contributed by atoms with Crippen LogP contribution in [0.25, 0.3) is 0 Å². The maximum atomic E-state index is 12.1. The van der Waals surface area contributed by atoms with E-state index in [4.69, 9.17) is 11.2 Å². The number of esters is 1. The lowest BCUT2D eigenvalue weighted by molar-refractivity contribution is -0.146. The van der Waals surface area contributed by atoms with Gasteiger partial charge in [-0.3, -0.25) is 14.5 Å². The minimum Gasteiger partial charge on any atom is -0.503 e. The fourth-order valence-electron chi connectivity index (χ4n) is 2.46. The molecule has 1 heterocycles. The first-order valence-corrected chi connectivity index (χ1v) is 8.25. The summed E-state index contributed by atoms with van der Waals surface area (Å²) in [5.74, 6) is 1.90. The Morgan fingerprint density at radius 3 is 2.73 bits per heavy atom. The second-order valence-electron chi connectivity index (χ2n) is 5.87. The van der Waals surface area contributed by atoms with Gasteiger partial charge in [0, 0.05) is 25.4 Å². The zero-order valence-corrected chi connectivity index (χ0v) is 14.7. The molecule has 0 saturated heterocycles. The third-order valence-electron chi connectivity index (χ3n) is 3.98. The van der Waals surface area contributed by atoms with Crippen molar-refractivity contribution in [1.29, 1.82) is 0 Å². The summed E-state index contributed by atoms with van der Waals surface area (Å²) in [5, 5.41) is 9.73. The van der Waals surface area contributed by atoms with Crippen molar-refractivity contribution in [2.45, 2.75) is 20.1 Å². The Balaban J connectivity index is 1.90. The molecule has 1 aromatic heterocycles. The molecule has 6 heteroatoms. The van der Waals surface area contributed by atoms with Crippen molar-refractivity contribution in [1.82, 2.24) is 9.47 Å². The van der Waals surface area contributed by atoms with E-state index in [1.54, 1.807) is 22.6 Å². The highest BCUT2D eigenvalue weighted by atomic mass is 16.5. The van der Waals surface area contributed by atoms with E-state index in [-0.39, 0.29) is 24.9 Å². The Kier molecular flexibility index (Phi) is 7.01. The highest BCUT2D eigenvalue weighted by molar-refractivity contribution is 5.71. The summed E-state index contributed by atoms with van der Waals surface area (Å²) >= 11 is 0. The van der Waals surface area contributed by atoms with Gasteiger partial charge < -0.3 is 14.4 Å². The number of carbonyl (C=O) groups excluding carboxylic acids is 1. The van der Waals surface area contributed by atoms with Crippen molar-refractivity contribution >= 4 is 5.97 Å². The lowest BCUT2D eigenvalue weighted by atomic mass is 10.2. The fourth-order valence-corrected chi connectivity index (χ4v) is 2.46. The molecule has 2 rings (SSSR count). The van der Waals surface area contributed by atoms with E-state index >= 15 is 0 Å². The van der Waals surface area contributed by atoms with Gasteiger partial charge >= 0.3 is 5.97 Å². The highest BCUT2D eigenvalue weighted by Gasteiger charge is 2.12. The SMILES string of the molecule is C#CCN(CCn1ccc(=O)c(O)c1C)CC(=O)OCc1ccccc1. The maximum Gasteiger partial charge on any atom is 0.320 e. The fraction of sp³-hybridized carbons (Fsp3) is 0.300. The molecule has 6 nitrogen and oxygen atoms in total. The zero-order chi connectivity index (χ0) is 18.9. The molecule has 0 aliphatic rings. The lowest BCUT2D eigenvalue weighted by Gasteiger charge is -2.20. The van der Waals surface area contributed by atoms with Crippen molar-refractivity contribution in [3.63, 3.8) is 0 Å². The van der Waals surface area contributed by atoms with Crippen molar-refractivity contribution in [2.24, 2.45) is 0 Å². The van der Waals surface area contributed by atoms with Gasteiger partial charge in [-0.1, -0.05) is 36.3 Å². The van der Waals surface area contributed by atoms with Crippen LogP contribution in [0.2, 0.25) is 0 Å². The molecule has 136 valence electrons. The number of rotatable bonds is 8. The predicted molar refractivity (Wildman–Crippen MR) is 98.6 cm³/mol. The lowest BCUT2D eigenvalue weighted by Crippen LogP contribution is -2.34. The number of pyridine rings is 1. The molecule has 2 aromatic rings. The Morgan fingerprint density at radius 2 is 2.04 bits per heavy atom. The zero-order valence-electron chi connectivity index (χ0n) is 14.7. The second kappa shape index (κ2) is 9.44. The third kappa shape index (κ3) is 5.50. The van der Waals surface area contributed by atoms with Crippen LogP contribution in [-0.4, -0.2) is 40.2 Å². The second-order valence-corrected chi connectivity index (χ2v) is 5.87. The molecule has 0 saturated carbocycles. The van der Waals surface area contributed by atoms with Crippen LogP contribution in [0.4, 0.5) is 0 Å². The molecule has 0 unspecified atom stereocenters. The van der Waals surface area contributed by atoms with Crippen molar-refractivity contribution < 1.29 is 14.6 Å². The molecule has 0 aliphatic carbocycles. The van der Waals surface area contributed by atoms with E-state index in [0.29, 0.717) is 25.3 Å². The number of carbonyl (C=O) groups is 1. The van der Waals surface area contributed by atoms with Crippen LogP contribution in [0.15, 0.2) is 47.4 Å². The molecule has 26 heavy (non-hydrogen) atoms. The Bertz CT molecular complexity index is 837. The minimum atomic E-state index is -0.413. The largest absolute Gasteiger partial charge is 0.503 e. The molecular formula is C20H22N2O4. The molecule has 0 atom stereocenters. The summed E-state index contributed by atoms with van der Waals surface area (Å²) in [7, 11) is 0. The first-order chi connectivity index (χ1) is 12.5. The van der Waals surface area contributed by atoms with Gasteiger partial charge in [-0.2, -0.15) is 0 Å². The normalized spacial score (nSPS) is 10.5. The highest BCUT2D eigenvalue weighted by Crippen LogP contribution is 2.09. The smallest absolute Gasteiger partial charge is 0.320 e. The number of benzene rings is 1. The van der Waals surface area contributed by atoms with Crippen LogP contribution in [0, 0.1) is 19.3 Å². The quantitative estimate of drug-likeness (QED) is 0.575. The van der Waals surface area contributed by atoms with E-state index < -0.39 is 5.43 Å². The van der Waals surface area contributed by atoms with E-state index in [2.05, 4.69) is 5.92 Å². The molecule has 1 N–H and O–H groups in total. The molecule has 0 aliphatic heterocycles. The minimum absolute atomic E-state index is 0.0717. The van der Waals surface area contributed by atoms with Gasteiger partial charge in [-0.05, 0) is 12.5 Å². The average molecular weight is 354 g/mol. The van der Waals surface area contributed by atoms with E-state index in [0.717, 1.165) is 5.56 Å². The summed E-state index contributed by atoms with van der Waals surface area (Å²) in [4.78, 5) is 25.2. The number of hydrogen-bond donors (Lipinski definition) is 1. The number of aromatic hydroxyl groups is 1. The number of ether oxygens (including phenoxy) is 1. The number of terminal acetylenes is 1. The van der Waals surface area contributed by atoms with Crippen LogP contribution < -0.4 is 5.43 Å². The van der Waals surface area contributed by atoms with E-state index in [1.165, 1.54) is 6.07 Å². The molecular weight excluding hydrogens is 332 g/mol. The molecule has 0 spiro atoms. The Labute approximate surface area is 152 Å². The number of hydrogen-bond acceptors (Lipinski definition) is 5. The first kappa shape index (κ1) is 19.3. The molecule has 0 bridgehead atoms. The third-order valence-corrected chi connectivity index (χ3v) is 3.98. The Hall–Kier alpha value is -3.04. The van der Waals surface area contributed by atoms with Gasteiger partial charge in [0.15, 0.2) is 5.75 Å². The topological polar surface area (TPSA) is 71.8 Å². The van der Waals surface area contributed by atoms with Crippen molar-refractivity contribution in [2.75, 3.05) is 19.6 Å². The van der Waals surface area contributed by atoms with E-state index in [1.807, 2.05) is 30.3 Å².